The minimum Gasteiger partial charge on any atom is -0.444 e. The Morgan fingerprint density at radius 3 is 2.53 bits per heavy atom. The second kappa shape index (κ2) is 9.34. The Labute approximate surface area is 187 Å². The van der Waals surface area contributed by atoms with Crippen LogP contribution in [0.1, 0.15) is 58.4 Å². The topological polar surface area (TPSA) is 102 Å². The lowest BCUT2D eigenvalue weighted by molar-refractivity contribution is -0.121. The molecule has 0 bridgehead atoms. The molecule has 1 aromatic rings. The summed E-state index contributed by atoms with van der Waals surface area (Å²) in [5.74, 6) is -0.891. The first-order valence-corrected chi connectivity index (χ1v) is 11.0. The minimum atomic E-state index is -1.05. The van der Waals surface area contributed by atoms with Crippen LogP contribution in [0.2, 0.25) is 0 Å². The fourth-order valence-electron chi connectivity index (χ4n) is 4.30. The second-order valence-corrected chi connectivity index (χ2v) is 9.50. The van der Waals surface area contributed by atoms with E-state index < -0.39 is 35.1 Å². The van der Waals surface area contributed by atoms with Gasteiger partial charge in [0, 0.05) is 38.9 Å². The van der Waals surface area contributed by atoms with Gasteiger partial charge in [-0.05, 0) is 51.3 Å². The zero-order valence-electron chi connectivity index (χ0n) is 18.9. The number of primary amides is 1. The van der Waals surface area contributed by atoms with Gasteiger partial charge in [0.25, 0.3) is 0 Å². The molecule has 8 nitrogen and oxygen atoms in total. The molecule has 1 aromatic carbocycles. The van der Waals surface area contributed by atoms with Crippen LogP contribution in [-0.4, -0.2) is 59.2 Å². The lowest BCUT2D eigenvalue weighted by Gasteiger charge is -2.46. The Hall–Kier alpha value is -2.84. The summed E-state index contributed by atoms with van der Waals surface area (Å²) in [5.41, 5.74) is 4.33. The van der Waals surface area contributed by atoms with Gasteiger partial charge in [-0.25, -0.2) is 14.0 Å². The molecule has 176 valence electrons. The summed E-state index contributed by atoms with van der Waals surface area (Å²) in [6.45, 7) is 6.78. The molecule has 2 atom stereocenters. The summed E-state index contributed by atoms with van der Waals surface area (Å²) >= 11 is 0. The van der Waals surface area contributed by atoms with Gasteiger partial charge in [-0.3, -0.25) is 4.79 Å². The van der Waals surface area contributed by atoms with Crippen LogP contribution in [0.15, 0.2) is 24.3 Å². The van der Waals surface area contributed by atoms with E-state index in [9.17, 15) is 18.8 Å². The highest BCUT2D eigenvalue weighted by atomic mass is 19.1. The predicted octanol–water partition coefficient (Wildman–Crippen LogP) is 3.53. The van der Waals surface area contributed by atoms with Gasteiger partial charge in [-0.15, -0.1) is 0 Å². The number of ether oxygens (including phenoxy) is 2. The molecule has 32 heavy (non-hydrogen) atoms. The van der Waals surface area contributed by atoms with Crippen molar-refractivity contribution in [2.75, 3.05) is 19.6 Å². The van der Waals surface area contributed by atoms with Crippen LogP contribution in [0.25, 0.3) is 0 Å². The molecule has 0 aromatic heterocycles. The van der Waals surface area contributed by atoms with E-state index in [1.165, 1.54) is 12.1 Å². The van der Waals surface area contributed by atoms with E-state index in [-0.39, 0.29) is 18.9 Å². The number of carbonyl (C=O) groups excluding carboxylic acids is 3. The van der Waals surface area contributed by atoms with Crippen LogP contribution < -0.4 is 5.73 Å². The van der Waals surface area contributed by atoms with E-state index >= 15 is 0 Å². The van der Waals surface area contributed by atoms with Gasteiger partial charge < -0.3 is 25.0 Å². The minimum absolute atomic E-state index is 0.0422. The number of nitrogens with zero attached hydrogens (tertiary/aromatic N) is 2. The fourth-order valence-corrected chi connectivity index (χ4v) is 4.30. The summed E-state index contributed by atoms with van der Waals surface area (Å²) in [7, 11) is 0. The van der Waals surface area contributed by atoms with Crippen molar-refractivity contribution in [3.63, 3.8) is 0 Å². The number of likely N-dealkylation sites (tertiary alicyclic amines) is 1. The van der Waals surface area contributed by atoms with Gasteiger partial charge in [0.15, 0.2) is 0 Å². The first kappa shape index (κ1) is 23.8. The molecule has 3 amide bonds. The molecule has 2 heterocycles. The summed E-state index contributed by atoms with van der Waals surface area (Å²) in [6.07, 6.45) is 1.29. The summed E-state index contributed by atoms with van der Waals surface area (Å²) in [4.78, 5) is 40.3. The number of rotatable bonds is 5. The zero-order valence-corrected chi connectivity index (χ0v) is 18.9. The third-order valence-electron chi connectivity index (χ3n) is 5.91. The maximum absolute atomic E-state index is 13.4. The average Bonchev–Trinajstić information content (AvgIpc) is 2.71. The molecule has 2 saturated heterocycles. The molecular weight excluding hydrogens is 417 g/mol. The summed E-state index contributed by atoms with van der Waals surface area (Å²) < 4.78 is 24.8. The fraction of sp³-hybridized carbons (Fsp3) is 0.609. The number of halogens is 1. The van der Waals surface area contributed by atoms with Gasteiger partial charge in [0.2, 0.25) is 5.91 Å². The maximum atomic E-state index is 13.4. The smallest absolute Gasteiger partial charge is 0.410 e. The van der Waals surface area contributed by atoms with E-state index in [0.29, 0.717) is 31.6 Å². The number of benzene rings is 1. The Morgan fingerprint density at radius 1 is 1.25 bits per heavy atom. The summed E-state index contributed by atoms with van der Waals surface area (Å²) in [5, 5.41) is 0. The first-order chi connectivity index (χ1) is 15.0. The van der Waals surface area contributed by atoms with Gasteiger partial charge in [0.1, 0.15) is 17.0 Å². The van der Waals surface area contributed by atoms with Crippen LogP contribution >= 0.6 is 0 Å². The normalized spacial score (nSPS) is 24.1. The Bertz CT molecular complexity index is 854. The van der Waals surface area contributed by atoms with Gasteiger partial charge in [-0.2, -0.15) is 0 Å². The zero-order chi connectivity index (χ0) is 23.5. The number of piperidine rings is 1. The van der Waals surface area contributed by atoms with E-state index in [0.717, 1.165) is 12.8 Å². The Kier molecular flexibility index (Phi) is 6.95. The van der Waals surface area contributed by atoms with Crippen molar-refractivity contribution in [2.24, 2.45) is 5.73 Å². The van der Waals surface area contributed by atoms with Gasteiger partial charge >= 0.3 is 12.2 Å². The molecular formula is C23H32FN3O5. The van der Waals surface area contributed by atoms with Crippen LogP contribution in [0, 0.1) is 5.82 Å². The third-order valence-corrected chi connectivity index (χ3v) is 5.91. The molecule has 2 aliphatic rings. The maximum Gasteiger partial charge on any atom is 0.410 e. The van der Waals surface area contributed by atoms with E-state index in [2.05, 4.69) is 0 Å². The molecule has 0 radical (unpaired) electrons. The Morgan fingerprint density at radius 2 is 1.94 bits per heavy atom. The number of carbonyl (C=O) groups is 3. The predicted molar refractivity (Wildman–Crippen MR) is 115 cm³/mol. The molecule has 2 fully saturated rings. The standard InChI is InChI=1S/C23H32FN3O5/c1-22(2,3)31-20(29)26-13-4-5-18(15-26)27-14-12-23(32-21(27)30,11-10-19(25)28)16-6-8-17(24)9-7-16/h6-9,18H,4-5,10-15H2,1-3H3,(H2,25,28)/t18?,23-/m1/s1. The summed E-state index contributed by atoms with van der Waals surface area (Å²) in [6, 6.07) is 5.57. The highest BCUT2D eigenvalue weighted by Gasteiger charge is 2.45. The number of hydrogen-bond donors (Lipinski definition) is 1. The second-order valence-electron chi connectivity index (χ2n) is 9.50. The van der Waals surface area contributed by atoms with E-state index in [1.54, 1.807) is 21.9 Å². The van der Waals surface area contributed by atoms with Crippen LogP contribution in [0.5, 0.6) is 0 Å². The number of nitrogens with two attached hydrogens (primary N) is 1. The van der Waals surface area contributed by atoms with Gasteiger partial charge in [-0.1, -0.05) is 12.1 Å². The highest BCUT2D eigenvalue weighted by Crippen LogP contribution is 2.39. The molecule has 2 N–H and O–H groups in total. The number of hydrogen-bond acceptors (Lipinski definition) is 5. The average molecular weight is 450 g/mol. The van der Waals surface area contributed by atoms with Crippen molar-refractivity contribution in [3.05, 3.63) is 35.6 Å². The first-order valence-electron chi connectivity index (χ1n) is 11.0. The van der Waals surface area contributed by atoms with Crippen molar-refractivity contribution in [1.29, 1.82) is 0 Å². The van der Waals surface area contributed by atoms with Crippen molar-refractivity contribution >= 4 is 18.1 Å². The van der Waals surface area contributed by atoms with Crippen LogP contribution in [0.4, 0.5) is 14.0 Å². The Balaban J connectivity index is 1.73. The van der Waals surface area contributed by atoms with Crippen molar-refractivity contribution in [2.45, 2.75) is 70.1 Å². The SMILES string of the molecule is CC(C)(C)OC(=O)N1CCCC(N2CC[C@](CCC(N)=O)(c3ccc(F)cc3)OC2=O)C1. The molecule has 0 aliphatic carbocycles. The van der Waals surface area contributed by atoms with E-state index in [4.69, 9.17) is 15.2 Å². The van der Waals surface area contributed by atoms with Crippen molar-refractivity contribution in [3.8, 4) is 0 Å². The molecule has 9 heteroatoms. The van der Waals surface area contributed by atoms with Crippen LogP contribution in [0.3, 0.4) is 0 Å². The van der Waals surface area contributed by atoms with Crippen LogP contribution in [-0.2, 0) is 19.9 Å². The molecule has 0 spiro atoms. The van der Waals surface area contributed by atoms with E-state index in [1.807, 2.05) is 20.8 Å². The third kappa shape index (κ3) is 5.69. The largest absolute Gasteiger partial charge is 0.444 e. The number of cyclic esters (lactones) is 1. The van der Waals surface area contributed by atoms with Gasteiger partial charge in [0.05, 0.1) is 6.04 Å². The van der Waals surface area contributed by atoms with Crippen molar-refractivity contribution in [1.82, 2.24) is 9.80 Å². The highest BCUT2D eigenvalue weighted by molar-refractivity contribution is 5.74. The molecule has 2 aliphatic heterocycles. The monoisotopic (exact) mass is 449 g/mol. The molecule has 0 saturated carbocycles. The quantitative estimate of drug-likeness (QED) is 0.741. The molecule has 3 rings (SSSR count). The molecule has 1 unspecified atom stereocenters. The van der Waals surface area contributed by atoms with Crippen molar-refractivity contribution < 1.29 is 28.2 Å². The number of amides is 3. The lowest BCUT2D eigenvalue weighted by Crippen LogP contribution is -2.57. The lowest BCUT2D eigenvalue weighted by atomic mass is 9.84.